The van der Waals surface area contributed by atoms with Gasteiger partial charge in [0, 0.05) is 14.2 Å². The molecule has 0 aromatic heterocycles. The van der Waals surface area contributed by atoms with Crippen molar-refractivity contribution in [3.05, 3.63) is 29.8 Å². The van der Waals surface area contributed by atoms with Gasteiger partial charge in [-0.2, -0.15) is 0 Å². The Balaban J connectivity index is 2.99. The third-order valence-corrected chi connectivity index (χ3v) is 2.33. The second kappa shape index (κ2) is 4.44. The van der Waals surface area contributed by atoms with Crippen molar-refractivity contribution in [2.24, 2.45) is 0 Å². The number of aromatic hydroxyl groups is 1. The van der Waals surface area contributed by atoms with E-state index in [1.165, 1.54) is 0 Å². The summed E-state index contributed by atoms with van der Waals surface area (Å²) >= 11 is 0. The number of rotatable bonds is 4. The van der Waals surface area contributed by atoms with Gasteiger partial charge in [0.15, 0.2) is 0 Å². The monoisotopic (exact) mass is 196 g/mol. The molecule has 1 atom stereocenters. The maximum atomic E-state index is 9.34. The summed E-state index contributed by atoms with van der Waals surface area (Å²) in [6.45, 7) is 2.37. The Bertz CT molecular complexity index is 298. The Hall–Kier alpha value is -1.06. The molecule has 0 saturated carbocycles. The molecule has 0 aliphatic carbocycles. The zero-order valence-electron chi connectivity index (χ0n) is 8.78. The third-order valence-electron chi connectivity index (χ3n) is 2.33. The lowest BCUT2D eigenvalue weighted by Gasteiger charge is -2.27. The molecule has 0 saturated heterocycles. The van der Waals surface area contributed by atoms with Gasteiger partial charge in [-0.15, -0.1) is 0 Å². The maximum absolute atomic E-state index is 9.34. The predicted molar refractivity (Wildman–Crippen MR) is 54.3 cm³/mol. The number of benzene rings is 1. The van der Waals surface area contributed by atoms with Crippen LogP contribution in [0.15, 0.2) is 24.3 Å². The molecule has 1 aromatic carbocycles. The number of phenols is 1. The van der Waals surface area contributed by atoms with E-state index >= 15 is 0 Å². The summed E-state index contributed by atoms with van der Waals surface area (Å²) in [4.78, 5) is 0. The molecule has 1 N–H and O–H groups in total. The molecular weight excluding hydrogens is 180 g/mol. The van der Waals surface area contributed by atoms with Crippen molar-refractivity contribution in [2.45, 2.75) is 12.5 Å². The summed E-state index contributed by atoms with van der Waals surface area (Å²) in [5.41, 5.74) is 0.398. The number of hydrogen-bond acceptors (Lipinski definition) is 3. The molecule has 14 heavy (non-hydrogen) atoms. The first-order chi connectivity index (χ1) is 6.62. The third kappa shape index (κ3) is 2.25. The molecule has 0 aliphatic heterocycles. The van der Waals surface area contributed by atoms with Crippen molar-refractivity contribution in [3.8, 4) is 5.75 Å². The number of methoxy groups -OCH3 is 2. The van der Waals surface area contributed by atoms with E-state index in [9.17, 15) is 5.11 Å². The van der Waals surface area contributed by atoms with Crippen LogP contribution >= 0.6 is 0 Å². The van der Waals surface area contributed by atoms with Crippen LogP contribution in [0.5, 0.6) is 5.75 Å². The molecule has 3 nitrogen and oxygen atoms in total. The van der Waals surface area contributed by atoms with E-state index < -0.39 is 5.60 Å². The van der Waals surface area contributed by atoms with Crippen LogP contribution in [0.4, 0.5) is 0 Å². The van der Waals surface area contributed by atoms with Crippen molar-refractivity contribution < 1.29 is 14.6 Å². The Morgan fingerprint density at radius 2 is 2.07 bits per heavy atom. The molecule has 0 aliphatic rings. The summed E-state index contributed by atoms with van der Waals surface area (Å²) in [6.07, 6.45) is 0. The van der Waals surface area contributed by atoms with Crippen LogP contribution in [0.25, 0.3) is 0 Å². The molecule has 78 valence electrons. The first-order valence-electron chi connectivity index (χ1n) is 4.46. The number of ether oxygens (including phenoxy) is 2. The highest BCUT2D eigenvalue weighted by atomic mass is 16.5. The minimum atomic E-state index is -0.506. The van der Waals surface area contributed by atoms with Crippen LogP contribution in [0.2, 0.25) is 0 Å². The zero-order valence-corrected chi connectivity index (χ0v) is 8.78. The predicted octanol–water partition coefficient (Wildman–Crippen LogP) is 1.90. The van der Waals surface area contributed by atoms with Crippen molar-refractivity contribution in [3.63, 3.8) is 0 Å². The van der Waals surface area contributed by atoms with Gasteiger partial charge >= 0.3 is 0 Å². The average Bonchev–Trinajstić information content (AvgIpc) is 2.18. The Morgan fingerprint density at radius 3 is 2.57 bits per heavy atom. The first-order valence-corrected chi connectivity index (χ1v) is 4.46. The van der Waals surface area contributed by atoms with Crippen LogP contribution in [-0.2, 0) is 15.1 Å². The summed E-state index contributed by atoms with van der Waals surface area (Å²) in [5.74, 6) is 0.238. The maximum Gasteiger partial charge on any atom is 0.115 e. The fourth-order valence-electron chi connectivity index (χ4n) is 1.37. The number of hydrogen-bond donors (Lipinski definition) is 1. The molecule has 1 unspecified atom stereocenters. The topological polar surface area (TPSA) is 38.7 Å². The molecule has 1 aromatic rings. The lowest BCUT2D eigenvalue weighted by molar-refractivity contribution is -0.0556. The van der Waals surface area contributed by atoms with Gasteiger partial charge in [0.2, 0.25) is 0 Å². The van der Waals surface area contributed by atoms with E-state index in [-0.39, 0.29) is 5.75 Å². The fraction of sp³-hybridized carbons (Fsp3) is 0.455. The Labute approximate surface area is 84.3 Å². The van der Waals surface area contributed by atoms with E-state index in [1.54, 1.807) is 32.4 Å². The molecule has 0 heterocycles. The molecule has 1 rings (SSSR count). The van der Waals surface area contributed by atoms with Crippen molar-refractivity contribution in [1.82, 2.24) is 0 Å². The SMILES string of the molecule is COCC(C)(OC)c1cccc(O)c1. The lowest BCUT2D eigenvalue weighted by Crippen LogP contribution is -2.29. The minimum Gasteiger partial charge on any atom is -0.508 e. The Morgan fingerprint density at radius 1 is 1.36 bits per heavy atom. The summed E-state index contributed by atoms with van der Waals surface area (Å²) < 4.78 is 10.5. The van der Waals surface area contributed by atoms with Gasteiger partial charge in [-0.25, -0.2) is 0 Å². The smallest absolute Gasteiger partial charge is 0.115 e. The van der Waals surface area contributed by atoms with Gasteiger partial charge in [0.25, 0.3) is 0 Å². The normalized spacial score (nSPS) is 15.1. The second-order valence-corrected chi connectivity index (χ2v) is 3.42. The lowest BCUT2D eigenvalue weighted by atomic mass is 9.96. The zero-order chi connectivity index (χ0) is 10.6. The number of phenolic OH excluding ortho intramolecular Hbond substituents is 1. The molecule has 0 spiro atoms. The van der Waals surface area contributed by atoms with Crippen molar-refractivity contribution in [2.75, 3.05) is 20.8 Å². The van der Waals surface area contributed by atoms with E-state index in [0.717, 1.165) is 5.56 Å². The van der Waals surface area contributed by atoms with Gasteiger partial charge in [0.1, 0.15) is 11.4 Å². The average molecular weight is 196 g/mol. The minimum absolute atomic E-state index is 0.238. The highest BCUT2D eigenvalue weighted by Crippen LogP contribution is 2.27. The summed E-state index contributed by atoms with van der Waals surface area (Å²) in [6, 6.07) is 7.01. The molecular formula is C11H16O3. The largest absolute Gasteiger partial charge is 0.508 e. The van der Waals surface area contributed by atoms with Crippen LogP contribution < -0.4 is 0 Å². The second-order valence-electron chi connectivity index (χ2n) is 3.42. The summed E-state index contributed by atoms with van der Waals surface area (Å²) in [5, 5.41) is 9.34. The van der Waals surface area contributed by atoms with Gasteiger partial charge in [0.05, 0.1) is 6.61 Å². The van der Waals surface area contributed by atoms with E-state index in [2.05, 4.69) is 0 Å². The van der Waals surface area contributed by atoms with Crippen molar-refractivity contribution >= 4 is 0 Å². The van der Waals surface area contributed by atoms with Crippen LogP contribution in [-0.4, -0.2) is 25.9 Å². The molecule has 0 fully saturated rings. The highest BCUT2D eigenvalue weighted by Gasteiger charge is 2.26. The van der Waals surface area contributed by atoms with Gasteiger partial charge in [-0.3, -0.25) is 0 Å². The highest BCUT2D eigenvalue weighted by molar-refractivity contribution is 5.31. The fourth-order valence-corrected chi connectivity index (χ4v) is 1.37. The molecule has 0 amide bonds. The van der Waals surface area contributed by atoms with Gasteiger partial charge < -0.3 is 14.6 Å². The van der Waals surface area contributed by atoms with Crippen molar-refractivity contribution in [1.29, 1.82) is 0 Å². The molecule has 3 heteroatoms. The standard InChI is InChI=1S/C11H16O3/c1-11(14-3,8-13-2)9-5-4-6-10(12)7-9/h4-7,12H,8H2,1-3H3. The first kappa shape index (κ1) is 11.0. The van der Waals surface area contributed by atoms with E-state index in [0.29, 0.717) is 6.61 Å². The molecule has 0 bridgehead atoms. The van der Waals surface area contributed by atoms with Gasteiger partial charge in [-0.1, -0.05) is 12.1 Å². The summed E-state index contributed by atoms with van der Waals surface area (Å²) in [7, 11) is 3.25. The van der Waals surface area contributed by atoms with Gasteiger partial charge in [-0.05, 0) is 24.6 Å². The van der Waals surface area contributed by atoms with Crippen LogP contribution in [0, 0.1) is 0 Å². The van der Waals surface area contributed by atoms with Crippen LogP contribution in [0.1, 0.15) is 12.5 Å². The molecule has 0 radical (unpaired) electrons. The van der Waals surface area contributed by atoms with E-state index in [4.69, 9.17) is 9.47 Å². The van der Waals surface area contributed by atoms with E-state index in [1.807, 2.05) is 13.0 Å². The Kier molecular flexibility index (Phi) is 3.49. The quantitative estimate of drug-likeness (QED) is 0.799. The van der Waals surface area contributed by atoms with Crippen LogP contribution in [0.3, 0.4) is 0 Å².